The summed E-state index contributed by atoms with van der Waals surface area (Å²) in [4.78, 5) is 25.7. The van der Waals surface area contributed by atoms with Crippen LogP contribution in [0.25, 0.3) is 0 Å². The Morgan fingerprint density at radius 3 is 2.24 bits per heavy atom. The number of ether oxygens (including phenoxy) is 2. The summed E-state index contributed by atoms with van der Waals surface area (Å²) >= 11 is 7.64. The fraction of sp³-hybridized carbons (Fsp3) is 0.938. The van der Waals surface area contributed by atoms with E-state index in [9.17, 15) is 9.59 Å². The van der Waals surface area contributed by atoms with Crippen LogP contribution in [0.15, 0.2) is 0 Å². The van der Waals surface area contributed by atoms with Crippen molar-refractivity contribution >= 4 is 23.5 Å². The zero-order valence-electron chi connectivity index (χ0n) is 24.5. The Balaban J connectivity index is 1.44. The standard InChI is InChI=1S/C32H49ClO4/c1-19(34)36-24-10-11-28(6)20(27(24,4)5)9-12-29(7)21(28)17-23(33)32-22-18-26(2,3)13-15-31(22,25(35)37-32)16-14-30(29,32)8/h20-24H,9-18H2,1-8H3/t20-,21+,22+,23-,24-,28-,29+,30-,31-,32+/m0/s1. The smallest absolute Gasteiger partial charge is 0.313 e. The Morgan fingerprint density at radius 2 is 1.57 bits per heavy atom. The van der Waals surface area contributed by atoms with Crippen molar-refractivity contribution in [2.45, 2.75) is 137 Å². The first-order chi connectivity index (χ1) is 17.0. The second kappa shape index (κ2) is 7.49. The molecule has 4 nitrogen and oxygen atoms in total. The molecular formula is C32H49ClO4. The molecule has 6 aliphatic rings. The van der Waals surface area contributed by atoms with E-state index in [1.165, 1.54) is 0 Å². The van der Waals surface area contributed by atoms with E-state index in [2.05, 4.69) is 48.5 Å². The fourth-order valence-corrected chi connectivity index (χ4v) is 12.8. The van der Waals surface area contributed by atoms with Crippen LogP contribution >= 0.6 is 11.6 Å². The van der Waals surface area contributed by atoms with Gasteiger partial charge in [0.1, 0.15) is 11.7 Å². The molecule has 6 rings (SSSR count). The van der Waals surface area contributed by atoms with Crippen LogP contribution in [0.5, 0.6) is 0 Å². The van der Waals surface area contributed by atoms with Gasteiger partial charge in [-0.3, -0.25) is 9.59 Å². The molecule has 1 saturated heterocycles. The van der Waals surface area contributed by atoms with Crippen molar-refractivity contribution < 1.29 is 19.1 Å². The van der Waals surface area contributed by atoms with Gasteiger partial charge in [-0.15, -0.1) is 11.6 Å². The maximum absolute atomic E-state index is 13.8. The third-order valence-corrected chi connectivity index (χ3v) is 14.8. The van der Waals surface area contributed by atoms with Crippen molar-refractivity contribution in [3.05, 3.63) is 0 Å². The number of hydrogen-bond acceptors (Lipinski definition) is 4. The van der Waals surface area contributed by atoms with Crippen LogP contribution in [0.2, 0.25) is 0 Å². The molecule has 0 N–H and O–H groups in total. The Bertz CT molecular complexity index is 1040. The molecule has 0 aromatic heterocycles. The summed E-state index contributed by atoms with van der Waals surface area (Å²) in [6.45, 7) is 18.5. The molecule has 0 aromatic rings. The molecule has 6 fully saturated rings. The zero-order chi connectivity index (χ0) is 27.0. The number of halogens is 1. The molecule has 2 bridgehead atoms. The highest BCUT2D eigenvalue weighted by Gasteiger charge is 2.83. The van der Waals surface area contributed by atoms with Crippen molar-refractivity contribution in [1.29, 1.82) is 0 Å². The zero-order valence-corrected chi connectivity index (χ0v) is 25.2. The van der Waals surface area contributed by atoms with E-state index >= 15 is 0 Å². The first-order valence-electron chi connectivity index (χ1n) is 15.1. The summed E-state index contributed by atoms with van der Waals surface area (Å²) in [5, 5.41) is -0.162. The predicted octanol–water partition coefficient (Wildman–Crippen LogP) is 7.70. The normalized spacial score (nSPS) is 55.2. The minimum Gasteiger partial charge on any atom is -0.462 e. The lowest BCUT2D eigenvalue weighted by molar-refractivity contribution is -0.284. The topological polar surface area (TPSA) is 52.6 Å². The molecular weight excluding hydrogens is 484 g/mol. The number of fused-ring (bicyclic) bond motifs is 4. The summed E-state index contributed by atoms with van der Waals surface area (Å²) in [7, 11) is 0. The van der Waals surface area contributed by atoms with E-state index in [0.717, 1.165) is 64.2 Å². The van der Waals surface area contributed by atoms with Crippen molar-refractivity contribution in [3.63, 3.8) is 0 Å². The molecule has 1 aliphatic heterocycles. The molecule has 208 valence electrons. The van der Waals surface area contributed by atoms with Gasteiger partial charge in [0.05, 0.1) is 10.8 Å². The number of esters is 2. The fourth-order valence-electron chi connectivity index (χ4n) is 12.2. The van der Waals surface area contributed by atoms with E-state index in [4.69, 9.17) is 21.1 Å². The Hall–Kier alpha value is -0.770. The van der Waals surface area contributed by atoms with Gasteiger partial charge in [-0.25, -0.2) is 0 Å². The lowest BCUT2D eigenvalue weighted by Crippen LogP contribution is -2.75. The number of rotatable bonds is 1. The maximum atomic E-state index is 13.8. The minimum atomic E-state index is -0.569. The van der Waals surface area contributed by atoms with E-state index < -0.39 is 5.60 Å². The Kier molecular flexibility index (Phi) is 5.36. The summed E-state index contributed by atoms with van der Waals surface area (Å²) < 4.78 is 12.7. The van der Waals surface area contributed by atoms with Crippen molar-refractivity contribution in [1.82, 2.24) is 0 Å². The van der Waals surface area contributed by atoms with Crippen LogP contribution in [-0.2, 0) is 19.1 Å². The lowest BCUT2D eigenvalue weighted by atomic mass is 9.30. The third-order valence-electron chi connectivity index (χ3n) is 14.3. The number of hydrogen-bond donors (Lipinski definition) is 0. The minimum absolute atomic E-state index is 0.0275. The molecule has 1 spiro atoms. The van der Waals surface area contributed by atoms with Crippen molar-refractivity contribution in [2.75, 3.05) is 0 Å². The lowest BCUT2D eigenvalue weighted by Gasteiger charge is -2.74. The molecule has 0 amide bonds. The van der Waals surface area contributed by atoms with E-state index in [1.807, 2.05) is 0 Å². The van der Waals surface area contributed by atoms with Crippen LogP contribution < -0.4 is 0 Å². The second-order valence-corrected chi connectivity index (χ2v) is 16.8. The van der Waals surface area contributed by atoms with Gasteiger partial charge < -0.3 is 9.47 Å². The molecule has 10 atom stereocenters. The Morgan fingerprint density at radius 1 is 0.892 bits per heavy atom. The first kappa shape index (κ1) is 26.5. The van der Waals surface area contributed by atoms with Crippen LogP contribution in [0, 0.1) is 50.2 Å². The van der Waals surface area contributed by atoms with Gasteiger partial charge in [0.2, 0.25) is 0 Å². The van der Waals surface area contributed by atoms with E-state index in [-0.39, 0.29) is 61.8 Å². The van der Waals surface area contributed by atoms with Crippen LogP contribution in [0.4, 0.5) is 0 Å². The average molecular weight is 533 g/mol. The SMILES string of the molecule is CC(=O)O[C@H]1CC[C@]2(C)[C@H]3C[C@H](Cl)[C@]45OC(=O)[C@@]6(CCC(C)(C)C[C@H]64)CC[C@@]5(C)[C@]3(C)CC[C@H]2C1(C)C. The summed E-state index contributed by atoms with van der Waals surface area (Å²) in [6.07, 6.45) is 10.2. The van der Waals surface area contributed by atoms with Crippen molar-refractivity contribution in [2.24, 2.45) is 50.2 Å². The van der Waals surface area contributed by atoms with Gasteiger partial charge in [-0.1, -0.05) is 48.5 Å². The summed E-state index contributed by atoms with van der Waals surface area (Å²) in [5.41, 5.74) is -0.734. The van der Waals surface area contributed by atoms with Gasteiger partial charge in [-0.05, 0) is 92.3 Å². The number of carbonyl (C=O) groups excluding carboxylic acids is 2. The van der Waals surface area contributed by atoms with Gasteiger partial charge in [0.15, 0.2) is 0 Å². The first-order valence-corrected chi connectivity index (χ1v) is 15.5. The average Bonchev–Trinajstić information content (AvgIpc) is 2.97. The van der Waals surface area contributed by atoms with E-state index in [0.29, 0.717) is 11.8 Å². The van der Waals surface area contributed by atoms with Crippen molar-refractivity contribution in [3.8, 4) is 0 Å². The van der Waals surface area contributed by atoms with Gasteiger partial charge >= 0.3 is 11.9 Å². The van der Waals surface area contributed by atoms with E-state index in [1.54, 1.807) is 6.92 Å². The molecule has 5 saturated carbocycles. The summed E-state index contributed by atoms with van der Waals surface area (Å²) in [5.74, 6) is 1.04. The summed E-state index contributed by atoms with van der Waals surface area (Å²) in [6, 6.07) is 0. The molecule has 0 radical (unpaired) electrons. The van der Waals surface area contributed by atoms with Crippen LogP contribution in [0.1, 0.15) is 120 Å². The monoisotopic (exact) mass is 532 g/mol. The van der Waals surface area contributed by atoms with Gasteiger partial charge in [0.25, 0.3) is 0 Å². The van der Waals surface area contributed by atoms with Gasteiger partial charge in [-0.2, -0.15) is 0 Å². The highest BCUT2D eigenvalue weighted by molar-refractivity contribution is 6.22. The molecule has 37 heavy (non-hydrogen) atoms. The van der Waals surface area contributed by atoms with Gasteiger partial charge in [0, 0.05) is 23.7 Å². The largest absolute Gasteiger partial charge is 0.462 e. The maximum Gasteiger partial charge on any atom is 0.313 e. The highest BCUT2D eigenvalue weighted by atomic mass is 35.5. The highest BCUT2D eigenvalue weighted by Crippen LogP contribution is 2.81. The molecule has 1 heterocycles. The molecule has 5 aliphatic carbocycles. The number of carbonyl (C=O) groups is 2. The second-order valence-electron chi connectivity index (χ2n) is 16.3. The third kappa shape index (κ3) is 2.93. The molecule has 0 aromatic carbocycles. The predicted molar refractivity (Wildman–Crippen MR) is 145 cm³/mol. The van der Waals surface area contributed by atoms with Crippen LogP contribution in [0.3, 0.4) is 0 Å². The quantitative estimate of drug-likeness (QED) is 0.256. The molecule has 5 heteroatoms. The number of alkyl halides is 1. The Labute approximate surface area is 229 Å². The van der Waals surface area contributed by atoms with Crippen LogP contribution in [-0.4, -0.2) is 29.0 Å². The molecule has 0 unspecified atom stereocenters.